The molecule has 1 aliphatic heterocycles. The van der Waals surface area contributed by atoms with E-state index in [1.165, 1.54) is 18.3 Å². The average Bonchev–Trinajstić information content (AvgIpc) is 3.09. The van der Waals surface area contributed by atoms with E-state index in [0.717, 1.165) is 0 Å². The maximum Gasteiger partial charge on any atom is 0.255 e. The number of aliphatic hydroxyl groups is 1. The molecule has 8 heteroatoms. The van der Waals surface area contributed by atoms with E-state index < -0.39 is 11.4 Å². The third-order valence-corrected chi connectivity index (χ3v) is 5.40. The van der Waals surface area contributed by atoms with E-state index in [4.69, 9.17) is 13.9 Å². The highest BCUT2D eigenvalue weighted by molar-refractivity contribution is 6.07. The lowest BCUT2D eigenvalue weighted by Gasteiger charge is -2.36. The quantitative estimate of drug-likeness (QED) is 0.644. The van der Waals surface area contributed by atoms with Crippen LogP contribution in [0.1, 0.15) is 34.7 Å². The first-order chi connectivity index (χ1) is 14.5. The Kier molecular flexibility index (Phi) is 5.69. The first kappa shape index (κ1) is 20.3. The Labute approximate surface area is 172 Å². The van der Waals surface area contributed by atoms with Crippen molar-refractivity contribution < 1.29 is 28.2 Å². The van der Waals surface area contributed by atoms with Gasteiger partial charge < -0.3 is 24.3 Å². The van der Waals surface area contributed by atoms with Gasteiger partial charge in [-0.25, -0.2) is 4.39 Å². The molecule has 0 bridgehead atoms. The minimum Gasteiger partial charge on any atom is -0.487 e. The lowest BCUT2D eigenvalue weighted by Crippen LogP contribution is -2.54. The van der Waals surface area contributed by atoms with Crippen molar-refractivity contribution in [1.82, 2.24) is 10.3 Å². The van der Waals surface area contributed by atoms with Crippen LogP contribution in [-0.2, 0) is 11.3 Å². The van der Waals surface area contributed by atoms with Crippen molar-refractivity contribution in [2.45, 2.75) is 31.9 Å². The Morgan fingerprint density at radius 1 is 1.33 bits per heavy atom. The lowest BCUT2D eigenvalue weighted by molar-refractivity contribution is 0.0125. The van der Waals surface area contributed by atoms with Crippen LogP contribution < -0.4 is 10.1 Å². The van der Waals surface area contributed by atoms with Crippen molar-refractivity contribution in [2.24, 2.45) is 0 Å². The zero-order valence-electron chi connectivity index (χ0n) is 16.6. The number of halogens is 1. The van der Waals surface area contributed by atoms with Gasteiger partial charge in [-0.2, -0.15) is 0 Å². The molecule has 4 rings (SSSR count). The number of benzene rings is 1. The fraction of sp³-hybridized carbons (Fsp3) is 0.364. The van der Waals surface area contributed by atoms with Gasteiger partial charge in [0.05, 0.1) is 17.7 Å². The molecule has 0 radical (unpaired) electrons. The van der Waals surface area contributed by atoms with Crippen LogP contribution in [0.3, 0.4) is 0 Å². The Morgan fingerprint density at radius 3 is 2.87 bits per heavy atom. The third-order valence-electron chi connectivity index (χ3n) is 5.40. The van der Waals surface area contributed by atoms with Crippen molar-refractivity contribution in [2.75, 3.05) is 19.8 Å². The number of hydrogen-bond acceptors (Lipinski definition) is 6. The zero-order valence-corrected chi connectivity index (χ0v) is 16.6. The summed E-state index contributed by atoms with van der Waals surface area (Å²) in [6.45, 7) is 2.47. The van der Waals surface area contributed by atoms with Gasteiger partial charge in [-0.1, -0.05) is 0 Å². The molecule has 1 saturated heterocycles. The van der Waals surface area contributed by atoms with Crippen LogP contribution in [0.25, 0.3) is 11.0 Å². The molecule has 7 nitrogen and oxygen atoms in total. The largest absolute Gasteiger partial charge is 0.487 e. The molecule has 2 aromatic heterocycles. The first-order valence-electron chi connectivity index (χ1n) is 9.78. The highest BCUT2D eigenvalue weighted by Gasteiger charge is 2.35. The highest BCUT2D eigenvalue weighted by atomic mass is 19.1. The minimum absolute atomic E-state index is 0.0375. The van der Waals surface area contributed by atoms with Gasteiger partial charge in [-0.15, -0.1) is 0 Å². The van der Waals surface area contributed by atoms with Crippen molar-refractivity contribution in [3.63, 3.8) is 0 Å². The predicted octanol–water partition coefficient (Wildman–Crippen LogP) is 3.13. The van der Waals surface area contributed by atoms with Gasteiger partial charge in [0.2, 0.25) is 0 Å². The van der Waals surface area contributed by atoms with Crippen LogP contribution in [-0.4, -0.2) is 41.4 Å². The summed E-state index contributed by atoms with van der Waals surface area (Å²) in [5.41, 5.74) is 0.414. The van der Waals surface area contributed by atoms with Crippen molar-refractivity contribution in [1.29, 1.82) is 0 Å². The summed E-state index contributed by atoms with van der Waals surface area (Å²) in [6.07, 6.45) is 2.57. The molecule has 3 heterocycles. The van der Waals surface area contributed by atoms with E-state index in [2.05, 4.69) is 10.3 Å². The van der Waals surface area contributed by atoms with Crippen molar-refractivity contribution in [3.05, 3.63) is 59.4 Å². The third kappa shape index (κ3) is 4.01. The number of ether oxygens (including phenoxy) is 2. The number of carbonyl (C=O) groups is 1. The van der Waals surface area contributed by atoms with Crippen LogP contribution in [0.5, 0.6) is 5.75 Å². The molecular weight excluding hydrogens is 391 g/mol. The summed E-state index contributed by atoms with van der Waals surface area (Å²) in [5, 5.41) is 13.4. The van der Waals surface area contributed by atoms with Gasteiger partial charge in [0, 0.05) is 24.8 Å². The predicted molar refractivity (Wildman–Crippen MR) is 107 cm³/mol. The normalized spacial score (nSPS) is 15.8. The summed E-state index contributed by atoms with van der Waals surface area (Å²) in [7, 11) is 0. The second kappa shape index (κ2) is 8.41. The van der Waals surface area contributed by atoms with Gasteiger partial charge in [-0.05, 0) is 50.1 Å². The summed E-state index contributed by atoms with van der Waals surface area (Å²) in [4.78, 5) is 17.1. The van der Waals surface area contributed by atoms with E-state index in [1.807, 2.05) is 0 Å². The van der Waals surface area contributed by atoms with E-state index >= 15 is 0 Å². The number of aromatic nitrogens is 1. The molecule has 1 fully saturated rings. The average molecular weight is 414 g/mol. The van der Waals surface area contributed by atoms with Gasteiger partial charge in [-0.3, -0.25) is 9.78 Å². The van der Waals surface area contributed by atoms with Gasteiger partial charge in [0.25, 0.3) is 5.91 Å². The summed E-state index contributed by atoms with van der Waals surface area (Å²) in [5.74, 6) is 0.166. The van der Waals surface area contributed by atoms with Crippen LogP contribution in [0, 0.1) is 12.7 Å². The van der Waals surface area contributed by atoms with Crippen molar-refractivity contribution >= 4 is 16.9 Å². The summed E-state index contributed by atoms with van der Waals surface area (Å²) in [6, 6.07) is 7.93. The molecule has 0 aliphatic carbocycles. The van der Waals surface area contributed by atoms with Gasteiger partial charge in [0.15, 0.2) is 0 Å². The first-order valence-corrected chi connectivity index (χ1v) is 9.78. The molecular formula is C22H23FN2O5. The Morgan fingerprint density at radius 2 is 2.13 bits per heavy atom. The van der Waals surface area contributed by atoms with Gasteiger partial charge in [0.1, 0.15) is 35.2 Å². The molecule has 0 atom stereocenters. The molecule has 0 unspecified atom stereocenters. The van der Waals surface area contributed by atoms with Crippen LogP contribution in [0.15, 0.2) is 40.9 Å². The highest BCUT2D eigenvalue weighted by Crippen LogP contribution is 2.30. The zero-order chi connectivity index (χ0) is 21.1. The molecule has 1 amide bonds. The number of furan rings is 1. The van der Waals surface area contributed by atoms with Crippen LogP contribution >= 0.6 is 0 Å². The number of rotatable bonds is 6. The summed E-state index contributed by atoms with van der Waals surface area (Å²) >= 11 is 0. The number of aryl methyl sites for hydroxylation is 1. The molecule has 2 N–H and O–H groups in total. The Hall–Kier alpha value is -2.97. The van der Waals surface area contributed by atoms with Crippen LogP contribution in [0.2, 0.25) is 0 Å². The number of nitrogens with zero attached hydrogens (tertiary/aromatic N) is 1. The fourth-order valence-corrected chi connectivity index (χ4v) is 3.64. The smallest absolute Gasteiger partial charge is 0.255 e. The molecule has 1 aliphatic rings. The number of pyridine rings is 1. The molecule has 30 heavy (non-hydrogen) atoms. The minimum atomic E-state index is -0.712. The lowest BCUT2D eigenvalue weighted by atomic mass is 9.90. The Bertz CT molecular complexity index is 1060. The van der Waals surface area contributed by atoms with Gasteiger partial charge >= 0.3 is 0 Å². The molecule has 3 aromatic rings. The second-order valence-electron chi connectivity index (χ2n) is 7.42. The fourth-order valence-electron chi connectivity index (χ4n) is 3.64. The molecule has 0 spiro atoms. The summed E-state index contributed by atoms with van der Waals surface area (Å²) < 4.78 is 30.5. The standard InChI is InChI=1S/C22H23FN2O5/c1-14-20(21(27)25-22(13-26)6-9-28-10-7-22)16-11-15(4-5-19(16)30-14)29-12-18-17(23)3-2-8-24-18/h2-5,8,11,26H,6-7,9-10,12-13H2,1H3,(H,25,27). The monoisotopic (exact) mass is 414 g/mol. The number of amides is 1. The maximum atomic E-state index is 13.8. The van der Waals surface area contributed by atoms with Crippen molar-refractivity contribution in [3.8, 4) is 5.75 Å². The number of aliphatic hydroxyl groups excluding tert-OH is 1. The number of nitrogens with one attached hydrogen (secondary N) is 1. The van der Waals surface area contributed by atoms with E-state index in [0.29, 0.717) is 54.1 Å². The number of hydrogen-bond donors (Lipinski definition) is 2. The second-order valence-corrected chi connectivity index (χ2v) is 7.42. The number of fused-ring (bicyclic) bond motifs is 1. The van der Waals surface area contributed by atoms with E-state index in [1.54, 1.807) is 25.1 Å². The topological polar surface area (TPSA) is 93.8 Å². The number of carbonyl (C=O) groups excluding carboxylic acids is 1. The molecule has 158 valence electrons. The van der Waals surface area contributed by atoms with E-state index in [-0.39, 0.29) is 24.8 Å². The van der Waals surface area contributed by atoms with E-state index in [9.17, 15) is 14.3 Å². The molecule has 0 saturated carbocycles. The maximum absolute atomic E-state index is 13.8. The Balaban J connectivity index is 1.58. The molecule has 1 aromatic carbocycles. The van der Waals surface area contributed by atoms with Crippen LogP contribution in [0.4, 0.5) is 4.39 Å². The SMILES string of the molecule is Cc1oc2ccc(OCc3ncccc3F)cc2c1C(=O)NC1(CO)CCOCC1.